The van der Waals surface area contributed by atoms with E-state index in [0.29, 0.717) is 11.3 Å². The number of anilines is 2. The first-order valence-electron chi connectivity index (χ1n) is 5.92. The summed E-state index contributed by atoms with van der Waals surface area (Å²) >= 11 is 5.88. The smallest absolute Gasteiger partial charge is 0.262 e. The first kappa shape index (κ1) is 15.2. The number of hydrogen-bond donors (Lipinski definition) is 2. The highest BCUT2D eigenvalue weighted by Gasteiger charge is 2.17. The van der Waals surface area contributed by atoms with Crippen molar-refractivity contribution in [3.63, 3.8) is 0 Å². The van der Waals surface area contributed by atoms with E-state index in [2.05, 4.69) is 4.72 Å². The van der Waals surface area contributed by atoms with Crippen molar-refractivity contribution in [1.82, 2.24) is 0 Å². The lowest BCUT2D eigenvalue weighted by Crippen LogP contribution is -2.14. The summed E-state index contributed by atoms with van der Waals surface area (Å²) in [4.78, 5) is 0.136. The van der Waals surface area contributed by atoms with Gasteiger partial charge in [0.05, 0.1) is 21.2 Å². The number of nitriles is 1. The molecule has 0 aliphatic heterocycles. The van der Waals surface area contributed by atoms with Crippen LogP contribution in [0.5, 0.6) is 0 Å². The van der Waals surface area contributed by atoms with E-state index in [4.69, 9.17) is 22.6 Å². The summed E-state index contributed by atoms with van der Waals surface area (Å²) in [5.41, 5.74) is 7.22. The molecule has 2 aromatic carbocycles. The number of halogens is 1. The molecule has 108 valence electrons. The topological polar surface area (TPSA) is 96.0 Å². The number of nitrogens with zero attached hydrogens (tertiary/aromatic N) is 1. The van der Waals surface area contributed by atoms with Gasteiger partial charge in [-0.2, -0.15) is 5.26 Å². The van der Waals surface area contributed by atoms with Gasteiger partial charge in [-0.3, -0.25) is 4.72 Å². The van der Waals surface area contributed by atoms with Crippen molar-refractivity contribution in [2.45, 2.75) is 11.8 Å². The number of aryl methyl sites for hydroxylation is 1. The molecule has 0 spiro atoms. The Morgan fingerprint density at radius 3 is 2.52 bits per heavy atom. The van der Waals surface area contributed by atoms with Crippen LogP contribution in [-0.2, 0) is 10.0 Å². The normalized spacial score (nSPS) is 10.9. The van der Waals surface area contributed by atoms with Crippen LogP contribution in [0, 0.1) is 18.3 Å². The Labute approximate surface area is 128 Å². The van der Waals surface area contributed by atoms with E-state index in [0.717, 1.165) is 0 Å². The highest BCUT2D eigenvalue weighted by atomic mass is 35.5. The molecule has 5 nitrogen and oxygen atoms in total. The first-order valence-corrected chi connectivity index (χ1v) is 7.78. The van der Waals surface area contributed by atoms with E-state index in [-0.39, 0.29) is 21.2 Å². The fraction of sp³-hybridized carbons (Fsp3) is 0.0714. The lowest BCUT2D eigenvalue weighted by Gasteiger charge is -2.11. The molecule has 3 N–H and O–H groups in total. The third-order valence-electron chi connectivity index (χ3n) is 2.83. The minimum absolute atomic E-state index is 0.136. The van der Waals surface area contributed by atoms with Crippen LogP contribution in [0.15, 0.2) is 41.3 Å². The molecule has 0 saturated heterocycles. The van der Waals surface area contributed by atoms with E-state index < -0.39 is 10.0 Å². The zero-order valence-corrected chi connectivity index (χ0v) is 12.7. The van der Waals surface area contributed by atoms with E-state index in [1.54, 1.807) is 13.0 Å². The molecule has 0 atom stereocenters. The second kappa shape index (κ2) is 5.64. The van der Waals surface area contributed by atoms with Gasteiger partial charge < -0.3 is 5.73 Å². The van der Waals surface area contributed by atoms with E-state index >= 15 is 0 Å². The summed E-state index contributed by atoms with van der Waals surface area (Å²) in [5.74, 6) is 0. The second-order valence-corrected chi connectivity index (χ2v) is 6.49. The number of nitrogens with one attached hydrogen (secondary N) is 1. The minimum atomic E-state index is -3.74. The molecule has 0 heterocycles. The number of hydrogen-bond acceptors (Lipinski definition) is 4. The summed E-state index contributed by atoms with van der Waals surface area (Å²) in [6.45, 7) is 1.66. The van der Waals surface area contributed by atoms with E-state index in [9.17, 15) is 8.42 Å². The van der Waals surface area contributed by atoms with Crippen molar-refractivity contribution in [1.29, 1.82) is 5.26 Å². The van der Waals surface area contributed by atoms with Crippen molar-refractivity contribution in [2.24, 2.45) is 0 Å². The predicted octanol–water partition coefficient (Wildman–Crippen LogP) is 2.90. The second-order valence-electron chi connectivity index (χ2n) is 4.44. The largest absolute Gasteiger partial charge is 0.399 e. The molecule has 2 aromatic rings. The zero-order chi connectivity index (χ0) is 15.6. The van der Waals surface area contributed by atoms with Crippen LogP contribution in [0.4, 0.5) is 11.4 Å². The van der Waals surface area contributed by atoms with Gasteiger partial charge >= 0.3 is 0 Å². The number of nitrogens with two attached hydrogens (primary N) is 1. The SMILES string of the molecule is Cc1cc(N)ccc1S(=O)(=O)Nc1ccc(C#N)c(Cl)c1. The Morgan fingerprint density at radius 2 is 1.95 bits per heavy atom. The monoisotopic (exact) mass is 321 g/mol. The lowest BCUT2D eigenvalue weighted by molar-refractivity contribution is 0.600. The fourth-order valence-corrected chi connectivity index (χ4v) is 3.35. The fourth-order valence-electron chi connectivity index (χ4n) is 1.85. The highest BCUT2D eigenvalue weighted by Crippen LogP contribution is 2.24. The number of sulfonamides is 1. The van der Waals surface area contributed by atoms with Crippen LogP contribution < -0.4 is 10.5 Å². The van der Waals surface area contributed by atoms with Crippen molar-refractivity contribution in [2.75, 3.05) is 10.5 Å². The van der Waals surface area contributed by atoms with Crippen LogP contribution in [0.3, 0.4) is 0 Å². The Morgan fingerprint density at radius 1 is 1.24 bits per heavy atom. The molecule has 0 aliphatic rings. The van der Waals surface area contributed by atoms with Gasteiger partial charge in [0, 0.05) is 5.69 Å². The van der Waals surface area contributed by atoms with Crippen LogP contribution in [0.25, 0.3) is 0 Å². The summed E-state index contributed by atoms with van der Waals surface area (Å²) in [6, 6.07) is 10.8. The summed E-state index contributed by atoms with van der Waals surface area (Å²) < 4.78 is 27.1. The van der Waals surface area contributed by atoms with Gasteiger partial charge in [-0.15, -0.1) is 0 Å². The Bertz CT molecular complexity index is 842. The van der Waals surface area contributed by atoms with Gasteiger partial charge in [0.2, 0.25) is 0 Å². The highest BCUT2D eigenvalue weighted by molar-refractivity contribution is 7.92. The van der Waals surface area contributed by atoms with Crippen molar-refractivity contribution < 1.29 is 8.42 Å². The molecule has 0 unspecified atom stereocenters. The van der Waals surface area contributed by atoms with Crippen molar-refractivity contribution in [3.05, 3.63) is 52.5 Å². The first-order chi connectivity index (χ1) is 9.83. The third-order valence-corrected chi connectivity index (χ3v) is 4.68. The number of nitrogen functional groups attached to an aromatic ring is 1. The molecule has 7 heteroatoms. The van der Waals surface area contributed by atoms with Gasteiger partial charge in [-0.05, 0) is 48.9 Å². The van der Waals surface area contributed by atoms with Gasteiger partial charge in [0.25, 0.3) is 10.0 Å². The van der Waals surface area contributed by atoms with E-state index in [1.807, 2.05) is 6.07 Å². The minimum Gasteiger partial charge on any atom is -0.399 e. The van der Waals surface area contributed by atoms with Crippen molar-refractivity contribution >= 4 is 33.0 Å². The van der Waals surface area contributed by atoms with Crippen LogP contribution in [0.2, 0.25) is 5.02 Å². The molecule has 2 rings (SSSR count). The van der Waals surface area contributed by atoms with Gasteiger partial charge in [-0.25, -0.2) is 8.42 Å². The molecule has 21 heavy (non-hydrogen) atoms. The zero-order valence-electron chi connectivity index (χ0n) is 11.1. The van der Waals surface area contributed by atoms with Gasteiger partial charge in [0.1, 0.15) is 6.07 Å². The molecule has 0 aromatic heterocycles. The molecule has 0 fully saturated rings. The number of benzene rings is 2. The maximum Gasteiger partial charge on any atom is 0.262 e. The van der Waals surface area contributed by atoms with Crippen LogP contribution >= 0.6 is 11.6 Å². The molecule has 0 amide bonds. The quantitative estimate of drug-likeness (QED) is 0.849. The molecular weight excluding hydrogens is 310 g/mol. The molecule has 0 saturated carbocycles. The summed E-state index contributed by atoms with van der Waals surface area (Å²) in [7, 11) is -3.74. The van der Waals surface area contributed by atoms with Crippen LogP contribution in [-0.4, -0.2) is 8.42 Å². The van der Waals surface area contributed by atoms with Crippen LogP contribution in [0.1, 0.15) is 11.1 Å². The van der Waals surface area contributed by atoms with E-state index in [1.165, 1.54) is 30.3 Å². The Kier molecular flexibility index (Phi) is 4.07. The summed E-state index contributed by atoms with van der Waals surface area (Å²) in [6.07, 6.45) is 0. The molecule has 0 bridgehead atoms. The molecule has 0 aliphatic carbocycles. The predicted molar refractivity (Wildman–Crippen MR) is 82.6 cm³/mol. The third kappa shape index (κ3) is 3.27. The maximum absolute atomic E-state index is 12.3. The average molecular weight is 322 g/mol. The molecular formula is C14H12ClN3O2S. The van der Waals surface area contributed by atoms with Gasteiger partial charge in [-0.1, -0.05) is 11.6 Å². The average Bonchev–Trinajstić information content (AvgIpc) is 2.37. The maximum atomic E-state index is 12.3. The summed E-state index contributed by atoms with van der Waals surface area (Å²) in [5, 5.41) is 8.98. The molecule has 0 radical (unpaired) electrons. The Hall–Kier alpha value is -2.23. The standard InChI is InChI=1S/C14H12ClN3O2S/c1-9-6-11(17)3-5-14(9)21(19,20)18-12-4-2-10(8-16)13(15)7-12/h2-7,18H,17H2,1H3. The van der Waals surface area contributed by atoms with Crippen molar-refractivity contribution in [3.8, 4) is 6.07 Å². The number of rotatable bonds is 3. The van der Waals surface area contributed by atoms with Gasteiger partial charge in [0.15, 0.2) is 0 Å². The lowest BCUT2D eigenvalue weighted by atomic mass is 10.2. The Balaban J connectivity index is 2.38.